The number of benzene rings is 1. The Kier molecular flexibility index (Phi) is 4.51. The molecule has 1 aromatic heterocycles. The predicted molar refractivity (Wildman–Crippen MR) is 81.5 cm³/mol. The van der Waals surface area contributed by atoms with E-state index in [2.05, 4.69) is 4.98 Å². The van der Waals surface area contributed by atoms with Crippen LogP contribution in [-0.4, -0.2) is 28.4 Å². The lowest BCUT2D eigenvalue weighted by molar-refractivity contribution is 0.0996. The molecule has 1 heterocycles. The first-order chi connectivity index (χ1) is 9.47. The number of nitrogens with two attached hydrogens (primary N) is 1. The Morgan fingerprint density at radius 2 is 2.05 bits per heavy atom. The van der Waals surface area contributed by atoms with E-state index < -0.39 is 16.7 Å². The number of rotatable bonds is 5. The fourth-order valence-electron chi connectivity index (χ4n) is 1.68. The van der Waals surface area contributed by atoms with Gasteiger partial charge in [-0.25, -0.2) is 4.98 Å². The second-order valence-electron chi connectivity index (χ2n) is 4.33. The Labute approximate surface area is 123 Å². The van der Waals surface area contributed by atoms with Crippen molar-refractivity contribution in [3.63, 3.8) is 0 Å². The average molecular weight is 309 g/mol. The second kappa shape index (κ2) is 6.15. The van der Waals surface area contributed by atoms with Crippen molar-refractivity contribution in [2.24, 2.45) is 5.73 Å². The van der Waals surface area contributed by atoms with Crippen LogP contribution in [-0.2, 0) is 17.3 Å². The van der Waals surface area contributed by atoms with Gasteiger partial charge >= 0.3 is 0 Å². The Morgan fingerprint density at radius 3 is 2.55 bits per heavy atom. The first-order valence-corrected chi connectivity index (χ1v) is 8.30. The molecule has 1 aromatic carbocycles. The predicted octanol–water partition coefficient (Wildman–Crippen LogP) is 1.62. The van der Waals surface area contributed by atoms with Crippen molar-refractivity contribution in [2.75, 3.05) is 18.2 Å². The topological polar surface area (TPSA) is 76.3 Å². The zero-order valence-corrected chi connectivity index (χ0v) is 12.8. The summed E-state index contributed by atoms with van der Waals surface area (Å²) < 4.78 is 11.3. The number of carbonyl (C=O) groups excluding carboxylic acids is 1. The molecule has 1 atom stereocenters. The molecule has 0 fully saturated rings. The summed E-state index contributed by atoms with van der Waals surface area (Å²) in [5, 5.41) is 2.39. The number of amides is 1. The van der Waals surface area contributed by atoms with Gasteiger partial charge in [0.1, 0.15) is 5.69 Å². The maximum absolute atomic E-state index is 11.3. The first kappa shape index (κ1) is 14.7. The molecule has 1 amide bonds. The Bertz CT molecular complexity index is 637. The van der Waals surface area contributed by atoms with Gasteiger partial charge in [0.25, 0.3) is 5.91 Å². The van der Waals surface area contributed by atoms with Crippen LogP contribution in [0.1, 0.15) is 16.1 Å². The van der Waals surface area contributed by atoms with Crippen LogP contribution in [0.5, 0.6) is 0 Å². The molecule has 2 N–H and O–H groups in total. The molecule has 2 aromatic rings. The van der Waals surface area contributed by atoms with Gasteiger partial charge in [0.2, 0.25) is 0 Å². The molecule has 0 saturated carbocycles. The molecule has 106 valence electrons. The lowest BCUT2D eigenvalue weighted by Gasteiger charge is -2.15. The van der Waals surface area contributed by atoms with Crippen LogP contribution < -0.4 is 10.6 Å². The number of thiazole rings is 1. The molecule has 20 heavy (non-hydrogen) atoms. The molecular formula is C13H15N3O2S2. The Morgan fingerprint density at radius 1 is 1.40 bits per heavy atom. The molecule has 1 unspecified atom stereocenters. The van der Waals surface area contributed by atoms with Crippen LogP contribution in [0.3, 0.4) is 0 Å². The molecule has 5 nitrogen and oxygen atoms in total. The minimum Gasteiger partial charge on any atom is -0.364 e. The van der Waals surface area contributed by atoms with Crippen molar-refractivity contribution in [2.45, 2.75) is 11.4 Å². The smallest absolute Gasteiger partial charge is 0.268 e. The summed E-state index contributed by atoms with van der Waals surface area (Å²) in [6, 6.07) is 7.59. The Balaban J connectivity index is 2.08. The maximum Gasteiger partial charge on any atom is 0.268 e. The quantitative estimate of drug-likeness (QED) is 0.910. The van der Waals surface area contributed by atoms with Crippen molar-refractivity contribution in [3.8, 4) is 0 Å². The SMILES string of the molecule is CN(Cc1ccc(S(C)=O)cc1)c1nc(C(N)=O)cs1. The van der Waals surface area contributed by atoms with E-state index in [4.69, 9.17) is 5.73 Å². The second-order valence-corrected chi connectivity index (χ2v) is 6.55. The zero-order chi connectivity index (χ0) is 14.7. The highest BCUT2D eigenvalue weighted by molar-refractivity contribution is 7.84. The summed E-state index contributed by atoms with van der Waals surface area (Å²) in [4.78, 5) is 17.9. The minimum atomic E-state index is -0.963. The summed E-state index contributed by atoms with van der Waals surface area (Å²) in [5.41, 5.74) is 6.55. The number of carbonyl (C=O) groups is 1. The van der Waals surface area contributed by atoms with Gasteiger partial charge in [-0.15, -0.1) is 11.3 Å². The third-order valence-electron chi connectivity index (χ3n) is 2.75. The van der Waals surface area contributed by atoms with Gasteiger partial charge in [-0.2, -0.15) is 0 Å². The van der Waals surface area contributed by atoms with Gasteiger partial charge in [0.05, 0.1) is 0 Å². The van der Waals surface area contributed by atoms with E-state index in [9.17, 15) is 9.00 Å². The average Bonchev–Trinajstić information content (AvgIpc) is 2.89. The van der Waals surface area contributed by atoms with Gasteiger partial charge in [-0.05, 0) is 17.7 Å². The number of hydrogen-bond donors (Lipinski definition) is 1. The minimum absolute atomic E-state index is 0.286. The van der Waals surface area contributed by atoms with Crippen molar-refractivity contribution in [3.05, 3.63) is 40.9 Å². The summed E-state index contributed by atoms with van der Waals surface area (Å²) in [6.45, 7) is 0.655. The molecule has 0 saturated heterocycles. The summed E-state index contributed by atoms with van der Waals surface area (Å²) in [5.74, 6) is -0.518. The number of aromatic nitrogens is 1. The number of anilines is 1. The van der Waals surface area contributed by atoms with E-state index >= 15 is 0 Å². The third kappa shape index (κ3) is 3.43. The molecule has 0 aliphatic rings. The fourth-order valence-corrected chi connectivity index (χ4v) is 2.98. The number of primary amides is 1. The van der Waals surface area contributed by atoms with Gasteiger partial charge in [-0.3, -0.25) is 9.00 Å². The van der Waals surface area contributed by atoms with E-state index in [1.165, 1.54) is 11.3 Å². The van der Waals surface area contributed by atoms with E-state index in [0.29, 0.717) is 6.54 Å². The molecule has 2 rings (SSSR count). The van der Waals surface area contributed by atoms with Crippen LogP contribution in [0.25, 0.3) is 0 Å². The van der Waals surface area contributed by atoms with Crippen LogP contribution in [0.4, 0.5) is 5.13 Å². The highest BCUT2D eigenvalue weighted by atomic mass is 32.2. The number of hydrogen-bond acceptors (Lipinski definition) is 5. The fraction of sp³-hybridized carbons (Fsp3) is 0.231. The van der Waals surface area contributed by atoms with E-state index in [0.717, 1.165) is 15.6 Å². The van der Waals surface area contributed by atoms with Gasteiger partial charge in [0.15, 0.2) is 5.13 Å². The van der Waals surface area contributed by atoms with Crippen molar-refractivity contribution in [1.82, 2.24) is 4.98 Å². The van der Waals surface area contributed by atoms with Crippen LogP contribution in [0.15, 0.2) is 34.5 Å². The molecule has 7 heteroatoms. The largest absolute Gasteiger partial charge is 0.364 e. The highest BCUT2D eigenvalue weighted by Gasteiger charge is 2.10. The maximum atomic E-state index is 11.3. The summed E-state index contributed by atoms with van der Waals surface area (Å²) >= 11 is 1.38. The van der Waals surface area contributed by atoms with Crippen LogP contribution in [0, 0.1) is 0 Å². The molecule has 0 aliphatic carbocycles. The third-order valence-corrected chi connectivity index (χ3v) is 4.64. The standard InChI is InChI=1S/C13H15N3O2S2/c1-16(13-15-11(8-19-13)12(14)17)7-9-3-5-10(6-4-9)20(2)18/h3-6,8H,7H2,1-2H3,(H2,14,17). The zero-order valence-electron chi connectivity index (χ0n) is 11.2. The monoisotopic (exact) mass is 309 g/mol. The molecule has 0 spiro atoms. The van der Waals surface area contributed by atoms with Crippen molar-refractivity contribution >= 4 is 33.2 Å². The van der Waals surface area contributed by atoms with E-state index in [1.807, 2.05) is 36.2 Å². The van der Waals surface area contributed by atoms with Gasteiger partial charge < -0.3 is 10.6 Å². The van der Waals surface area contributed by atoms with E-state index in [1.54, 1.807) is 11.6 Å². The molecule has 0 aliphatic heterocycles. The van der Waals surface area contributed by atoms with E-state index in [-0.39, 0.29) is 5.69 Å². The van der Waals surface area contributed by atoms with Crippen LogP contribution >= 0.6 is 11.3 Å². The highest BCUT2D eigenvalue weighted by Crippen LogP contribution is 2.21. The van der Waals surface area contributed by atoms with Gasteiger partial charge in [-0.1, -0.05) is 12.1 Å². The van der Waals surface area contributed by atoms with Gasteiger partial charge in [0, 0.05) is 40.9 Å². The normalized spacial score (nSPS) is 12.1. The first-order valence-electron chi connectivity index (χ1n) is 5.86. The molecule has 0 radical (unpaired) electrons. The molecule has 0 bridgehead atoms. The number of nitrogens with zero attached hydrogens (tertiary/aromatic N) is 2. The van der Waals surface area contributed by atoms with Crippen LogP contribution in [0.2, 0.25) is 0 Å². The summed E-state index contributed by atoms with van der Waals surface area (Å²) in [6.07, 6.45) is 1.65. The lowest BCUT2D eigenvalue weighted by atomic mass is 10.2. The van der Waals surface area contributed by atoms with Crippen molar-refractivity contribution in [1.29, 1.82) is 0 Å². The van der Waals surface area contributed by atoms with Crippen molar-refractivity contribution < 1.29 is 9.00 Å². The lowest BCUT2D eigenvalue weighted by Crippen LogP contribution is -2.17. The summed E-state index contributed by atoms with van der Waals surface area (Å²) in [7, 11) is 0.935. The Hall–Kier alpha value is -1.73. The molecular weight excluding hydrogens is 294 g/mol.